The van der Waals surface area contributed by atoms with Crippen LogP contribution in [-0.2, 0) is 11.2 Å². The van der Waals surface area contributed by atoms with Crippen molar-refractivity contribution >= 4 is 5.97 Å². The molecule has 0 aliphatic heterocycles. The summed E-state index contributed by atoms with van der Waals surface area (Å²) in [6.45, 7) is 5.47. The largest absolute Gasteiger partial charge is 0.478 e. The average Bonchev–Trinajstić information content (AvgIpc) is 2.08. The summed E-state index contributed by atoms with van der Waals surface area (Å²) in [6, 6.07) is 7.77. The van der Waals surface area contributed by atoms with Gasteiger partial charge < -0.3 is 5.11 Å². The lowest BCUT2D eigenvalue weighted by Crippen LogP contribution is -2.01. The van der Waals surface area contributed by atoms with E-state index in [1.54, 1.807) is 0 Å². The van der Waals surface area contributed by atoms with E-state index in [1.165, 1.54) is 5.56 Å². The van der Waals surface area contributed by atoms with Gasteiger partial charge in [-0.15, -0.1) is 0 Å². The van der Waals surface area contributed by atoms with Crippen LogP contribution >= 0.6 is 0 Å². The van der Waals surface area contributed by atoms with Crippen LogP contribution in [0.2, 0.25) is 0 Å². The SMILES string of the molecule is C=C(Cc1ccc(C)cc1)C(=O)O. The molecule has 0 spiro atoms. The van der Waals surface area contributed by atoms with Gasteiger partial charge in [0, 0.05) is 12.0 Å². The summed E-state index contributed by atoms with van der Waals surface area (Å²) in [5, 5.41) is 8.60. The maximum absolute atomic E-state index is 10.5. The van der Waals surface area contributed by atoms with Crippen molar-refractivity contribution in [1.82, 2.24) is 0 Å². The van der Waals surface area contributed by atoms with Crippen molar-refractivity contribution in [2.24, 2.45) is 0 Å². The van der Waals surface area contributed by atoms with E-state index in [2.05, 4.69) is 6.58 Å². The van der Waals surface area contributed by atoms with Gasteiger partial charge in [0.25, 0.3) is 0 Å². The van der Waals surface area contributed by atoms with Crippen LogP contribution in [0.4, 0.5) is 0 Å². The Labute approximate surface area is 77.5 Å². The zero-order valence-electron chi connectivity index (χ0n) is 7.58. The maximum atomic E-state index is 10.5. The Bertz CT molecular complexity index is 322. The second-order valence-corrected chi connectivity index (χ2v) is 3.07. The Kier molecular flexibility index (Phi) is 2.85. The van der Waals surface area contributed by atoms with Gasteiger partial charge in [-0.2, -0.15) is 0 Å². The lowest BCUT2D eigenvalue weighted by molar-refractivity contribution is -0.132. The zero-order chi connectivity index (χ0) is 9.84. The minimum atomic E-state index is -0.930. The fourth-order valence-electron chi connectivity index (χ4n) is 1.03. The molecule has 0 radical (unpaired) electrons. The highest BCUT2D eigenvalue weighted by Crippen LogP contribution is 2.08. The van der Waals surface area contributed by atoms with Gasteiger partial charge in [0.05, 0.1) is 0 Å². The van der Waals surface area contributed by atoms with Crippen LogP contribution in [0.3, 0.4) is 0 Å². The van der Waals surface area contributed by atoms with Crippen LogP contribution in [0.15, 0.2) is 36.4 Å². The Morgan fingerprint density at radius 1 is 1.38 bits per heavy atom. The molecule has 0 atom stereocenters. The lowest BCUT2D eigenvalue weighted by atomic mass is 10.1. The Balaban J connectivity index is 2.70. The molecule has 0 aromatic heterocycles. The van der Waals surface area contributed by atoms with Gasteiger partial charge in [0.2, 0.25) is 0 Å². The fourth-order valence-corrected chi connectivity index (χ4v) is 1.03. The summed E-state index contributed by atoms with van der Waals surface area (Å²) in [5.74, 6) is -0.930. The van der Waals surface area contributed by atoms with Crippen molar-refractivity contribution in [3.8, 4) is 0 Å². The monoisotopic (exact) mass is 176 g/mol. The van der Waals surface area contributed by atoms with E-state index in [0.29, 0.717) is 6.42 Å². The zero-order valence-corrected chi connectivity index (χ0v) is 7.58. The summed E-state index contributed by atoms with van der Waals surface area (Å²) in [5.41, 5.74) is 2.38. The molecule has 0 aliphatic carbocycles. The first-order valence-corrected chi connectivity index (χ1v) is 4.06. The summed E-state index contributed by atoms with van der Waals surface area (Å²) >= 11 is 0. The first kappa shape index (κ1) is 9.52. The topological polar surface area (TPSA) is 37.3 Å². The van der Waals surface area contributed by atoms with Gasteiger partial charge in [0.1, 0.15) is 0 Å². The molecule has 0 unspecified atom stereocenters. The molecule has 0 saturated carbocycles. The predicted molar refractivity (Wildman–Crippen MR) is 51.7 cm³/mol. The average molecular weight is 176 g/mol. The number of hydrogen-bond acceptors (Lipinski definition) is 1. The Hall–Kier alpha value is -1.57. The molecule has 2 nitrogen and oxygen atoms in total. The molecule has 0 bridgehead atoms. The molecule has 0 aliphatic rings. The molecular formula is C11H12O2. The number of carbonyl (C=O) groups is 1. The summed E-state index contributed by atoms with van der Waals surface area (Å²) in [7, 11) is 0. The molecule has 2 heteroatoms. The van der Waals surface area contributed by atoms with Crippen LogP contribution in [0.25, 0.3) is 0 Å². The van der Waals surface area contributed by atoms with Crippen molar-refractivity contribution < 1.29 is 9.90 Å². The normalized spacial score (nSPS) is 9.62. The van der Waals surface area contributed by atoms with Crippen LogP contribution in [0, 0.1) is 6.92 Å². The highest BCUT2D eigenvalue weighted by atomic mass is 16.4. The van der Waals surface area contributed by atoms with E-state index in [9.17, 15) is 4.79 Å². The van der Waals surface area contributed by atoms with Crippen molar-refractivity contribution in [3.05, 3.63) is 47.5 Å². The van der Waals surface area contributed by atoms with E-state index in [-0.39, 0.29) is 5.57 Å². The molecule has 0 heterocycles. The molecule has 0 saturated heterocycles. The van der Waals surface area contributed by atoms with E-state index >= 15 is 0 Å². The van der Waals surface area contributed by atoms with Gasteiger partial charge >= 0.3 is 5.97 Å². The molecule has 0 amide bonds. The second-order valence-electron chi connectivity index (χ2n) is 3.07. The quantitative estimate of drug-likeness (QED) is 0.717. The summed E-state index contributed by atoms with van der Waals surface area (Å²) < 4.78 is 0. The van der Waals surface area contributed by atoms with Crippen LogP contribution in [0.5, 0.6) is 0 Å². The van der Waals surface area contributed by atoms with E-state index in [1.807, 2.05) is 31.2 Å². The van der Waals surface area contributed by atoms with Gasteiger partial charge in [-0.05, 0) is 12.5 Å². The number of aliphatic carboxylic acids is 1. The fraction of sp³-hybridized carbons (Fsp3) is 0.182. The van der Waals surface area contributed by atoms with Crippen molar-refractivity contribution in [2.45, 2.75) is 13.3 Å². The van der Waals surface area contributed by atoms with Crippen LogP contribution in [-0.4, -0.2) is 11.1 Å². The smallest absolute Gasteiger partial charge is 0.331 e. The van der Waals surface area contributed by atoms with Gasteiger partial charge in [0.15, 0.2) is 0 Å². The molecule has 1 rings (SSSR count). The summed E-state index contributed by atoms with van der Waals surface area (Å²) in [6.07, 6.45) is 0.412. The van der Waals surface area contributed by atoms with E-state index < -0.39 is 5.97 Å². The maximum Gasteiger partial charge on any atom is 0.331 e. The first-order chi connectivity index (χ1) is 6.09. The van der Waals surface area contributed by atoms with Gasteiger partial charge in [-0.25, -0.2) is 4.79 Å². The van der Waals surface area contributed by atoms with Gasteiger partial charge in [-0.1, -0.05) is 36.4 Å². The van der Waals surface area contributed by atoms with E-state index in [4.69, 9.17) is 5.11 Å². The third kappa shape index (κ3) is 2.75. The Morgan fingerprint density at radius 2 is 1.92 bits per heavy atom. The van der Waals surface area contributed by atoms with Crippen LogP contribution < -0.4 is 0 Å². The second kappa shape index (κ2) is 3.90. The number of benzene rings is 1. The van der Waals surface area contributed by atoms with Crippen LogP contribution in [0.1, 0.15) is 11.1 Å². The minimum Gasteiger partial charge on any atom is -0.478 e. The minimum absolute atomic E-state index is 0.226. The molecular weight excluding hydrogens is 164 g/mol. The molecule has 0 fully saturated rings. The summed E-state index contributed by atoms with van der Waals surface area (Å²) in [4.78, 5) is 10.5. The number of aryl methyl sites for hydroxylation is 1. The first-order valence-electron chi connectivity index (χ1n) is 4.06. The van der Waals surface area contributed by atoms with Gasteiger partial charge in [-0.3, -0.25) is 0 Å². The van der Waals surface area contributed by atoms with Crippen molar-refractivity contribution in [2.75, 3.05) is 0 Å². The number of rotatable bonds is 3. The molecule has 1 aromatic carbocycles. The third-order valence-corrected chi connectivity index (χ3v) is 1.84. The Morgan fingerprint density at radius 3 is 2.38 bits per heavy atom. The lowest BCUT2D eigenvalue weighted by Gasteiger charge is -2.00. The highest BCUT2D eigenvalue weighted by Gasteiger charge is 2.04. The molecule has 1 N–H and O–H groups in total. The van der Waals surface area contributed by atoms with E-state index in [0.717, 1.165) is 5.56 Å². The van der Waals surface area contributed by atoms with Crippen molar-refractivity contribution in [1.29, 1.82) is 0 Å². The molecule has 68 valence electrons. The molecule has 13 heavy (non-hydrogen) atoms. The number of carboxylic acids is 1. The number of carboxylic acid groups (broad SMARTS) is 1. The van der Waals surface area contributed by atoms with Crippen molar-refractivity contribution in [3.63, 3.8) is 0 Å². The number of hydrogen-bond donors (Lipinski definition) is 1. The molecule has 1 aromatic rings. The highest BCUT2D eigenvalue weighted by molar-refractivity contribution is 5.86. The third-order valence-electron chi connectivity index (χ3n) is 1.84. The standard InChI is InChI=1S/C11H12O2/c1-8-3-5-10(6-4-8)7-9(2)11(12)13/h3-6H,2,7H2,1H3,(H,12,13). The predicted octanol–water partition coefficient (Wildman–Crippen LogP) is 2.18.